The van der Waals surface area contributed by atoms with Crippen molar-refractivity contribution in [3.63, 3.8) is 0 Å². The van der Waals surface area contributed by atoms with Crippen LogP contribution < -0.4 is 5.73 Å². The highest BCUT2D eigenvalue weighted by Gasteiger charge is 2.08. The van der Waals surface area contributed by atoms with Crippen molar-refractivity contribution < 1.29 is 4.79 Å². The monoisotopic (exact) mass is 239 g/mol. The third kappa shape index (κ3) is 10.3. The van der Waals surface area contributed by atoms with E-state index in [0.717, 1.165) is 57.9 Å². The topological polar surface area (TPSA) is 43.1 Å². The fourth-order valence-electron chi connectivity index (χ4n) is 2.07. The summed E-state index contributed by atoms with van der Waals surface area (Å²) in [4.78, 5) is 11.6. The fraction of sp³-hybridized carbons (Fsp3) is 0.800. The molecule has 0 aliphatic heterocycles. The van der Waals surface area contributed by atoms with E-state index in [1.807, 2.05) is 6.08 Å². The molecule has 17 heavy (non-hydrogen) atoms. The van der Waals surface area contributed by atoms with Crippen LogP contribution in [0.5, 0.6) is 0 Å². The molecule has 0 bridgehead atoms. The van der Waals surface area contributed by atoms with Crippen molar-refractivity contribution in [2.75, 3.05) is 6.54 Å². The van der Waals surface area contributed by atoms with E-state index in [1.54, 1.807) is 0 Å². The number of nitrogens with two attached hydrogens (primary N) is 1. The number of ketones is 1. The lowest BCUT2D eigenvalue weighted by molar-refractivity contribution is -0.119. The minimum absolute atomic E-state index is 0.430. The molecule has 1 atom stereocenters. The molecule has 0 aromatic rings. The van der Waals surface area contributed by atoms with Crippen LogP contribution in [0, 0.1) is 5.92 Å². The molecule has 0 fully saturated rings. The van der Waals surface area contributed by atoms with Crippen molar-refractivity contribution in [2.45, 2.75) is 64.7 Å². The van der Waals surface area contributed by atoms with Gasteiger partial charge in [0.25, 0.3) is 0 Å². The predicted octanol–water partition coefficient (Wildman–Crippen LogP) is 3.85. The van der Waals surface area contributed by atoms with E-state index in [-0.39, 0.29) is 0 Å². The number of allylic oxidation sites excluding steroid dienone is 1. The molecule has 0 aliphatic carbocycles. The van der Waals surface area contributed by atoms with Crippen molar-refractivity contribution in [1.29, 1.82) is 0 Å². The largest absolute Gasteiger partial charge is 0.330 e. The van der Waals surface area contributed by atoms with Crippen LogP contribution in [0.25, 0.3) is 0 Å². The van der Waals surface area contributed by atoms with Gasteiger partial charge in [0.2, 0.25) is 0 Å². The predicted molar refractivity (Wildman–Crippen MR) is 75.0 cm³/mol. The Bertz CT molecular complexity index is 201. The first-order chi connectivity index (χ1) is 8.24. The van der Waals surface area contributed by atoms with Gasteiger partial charge in [0.15, 0.2) is 0 Å². The lowest BCUT2D eigenvalue weighted by Gasteiger charge is -2.12. The molecule has 2 nitrogen and oxygen atoms in total. The van der Waals surface area contributed by atoms with Crippen molar-refractivity contribution in [3.05, 3.63) is 12.7 Å². The van der Waals surface area contributed by atoms with Crippen LogP contribution in [0.4, 0.5) is 0 Å². The Morgan fingerprint density at radius 1 is 1.24 bits per heavy atom. The highest BCUT2D eigenvalue weighted by Crippen LogP contribution is 2.16. The lowest BCUT2D eigenvalue weighted by Crippen LogP contribution is -2.10. The summed E-state index contributed by atoms with van der Waals surface area (Å²) < 4.78 is 0. The van der Waals surface area contributed by atoms with Gasteiger partial charge >= 0.3 is 0 Å². The Labute approximate surface area is 107 Å². The van der Waals surface area contributed by atoms with Crippen LogP contribution >= 0.6 is 0 Å². The van der Waals surface area contributed by atoms with Crippen LogP contribution in [0.1, 0.15) is 64.7 Å². The molecule has 0 amide bonds. The molecule has 100 valence electrons. The molecule has 0 aliphatic rings. The van der Waals surface area contributed by atoms with Crippen LogP contribution in [-0.2, 0) is 4.79 Å². The van der Waals surface area contributed by atoms with Gasteiger partial charge in [0.05, 0.1) is 0 Å². The molecular weight excluding hydrogens is 210 g/mol. The minimum Gasteiger partial charge on any atom is -0.330 e. The molecule has 2 heteroatoms. The Kier molecular flexibility index (Phi) is 11.4. The zero-order chi connectivity index (χ0) is 12.9. The molecule has 0 aromatic heterocycles. The van der Waals surface area contributed by atoms with Gasteiger partial charge in [-0.05, 0) is 44.6 Å². The lowest BCUT2D eigenvalue weighted by atomic mass is 9.94. The number of Topliss-reactive ketones (excluding diaryl/α,β-unsaturated/α-hetero) is 1. The van der Waals surface area contributed by atoms with Crippen LogP contribution in [0.3, 0.4) is 0 Å². The second-order valence-corrected chi connectivity index (χ2v) is 4.82. The minimum atomic E-state index is 0.430. The zero-order valence-electron chi connectivity index (χ0n) is 11.4. The van der Waals surface area contributed by atoms with E-state index in [0.29, 0.717) is 11.7 Å². The Morgan fingerprint density at radius 2 is 2.00 bits per heavy atom. The SMILES string of the molecule is C=CCCCCCC(=O)CCC(CC)CCN. The summed E-state index contributed by atoms with van der Waals surface area (Å²) >= 11 is 0. The fourth-order valence-corrected chi connectivity index (χ4v) is 2.07. The third-order valence-electron chi connectivity index (χ3n) is 3.35. The van der Waals surface area contributed by atoms with Crippen molar-refractivity contribution in [2.24, 2.45) is 11.7 Å². The number of hydrogen-bond donors (Lipinski definition) is 1. The molecule has 0 heterocycles. The normalized spacial score (nSPS) is 12.4. The summed E-state index contributed by atoms with van der Waals surface area (Å²) in [7, 11) is 0. The summed E-state index contributed by atoms with van der Waals surface area (Å²) in [5.74, 6) is 1.07. The van der Waals surface area contributed by atoms with Gasteiger partial charge in [0.1, 0.15) is 5.78 Å². The van der Waals surface area contributed by atoms with Gasteiger partial charge in [-0.1, -0.05) is 25.8 Å². The Hall–Kier alpha value is -0.630. The van der Waals surface area contributed by atoms with E-state index in [1.165, 1.54) is 6.42 Å². The van der Waals surface area contributed by atoms with Gasteiger partial charge in [-0.25, -0.2) is 0 Å². The van der Waals surface area contributed by atoms with Gasteiger partial charge in [0, 0.05) is 12.8 Å². The Balaban J connectivity index is 3.47. The van der Waals surface area contributed by atoms with Crippen molar-refractivity contribution in [1.82, 2.24) is 0 Å². The molecule has 0 saturated carbocycles. The number of hydrogen-bond acceptors (Lipinski definition) is 2. The Morgan fingerprint density at radius 3 is 2.59 bits per heavy atom. The molecule has 1 unspecified atom stereocenters. The number of rotatable bonds is 12. The number of carbonyl (C=O) groups excluding carboxylic acids is 1. The molecular formula is C15H29NO. The molecule has 0 spiro atoms. The summed E-state index contributed by atoms with van der Waals surface area (Å²) in [6.07, 6.45) is 11.1. The maximum atomic E-state index is 11.6. The standard InChI is InChI=1S/C15H29NO/c1-3-5-6-7-8-9-15(17)11-10-14(4-2)12-13-16/h3,14H,1,4-13,16H2,2H3. The smallest absolute Gasteiger partial charge is 0.132 e. The first kappa shape index (κ1) is 16.4. The van der Waals surface area contributed by atoms with Crippen molar-refractivity contribution in [3.8, 4) is 0 Å². The first-order valence-corrected chi connectivity index (χ1v) is 7.07. The first-order valence-electron chi connectivity index (χ1n) is 7.07. The molecule has 0 radical (unpaired) electrons. The van der Waals surface area contributed by atoms with E-state index in [2.05, 4.69) is 13.5 Å². The van der Waals surface area contributed by atoms with Crippen molar-refractivity contribution >= 4 is 5.78 Å². The van der Waals surface area contributed by atoms with E-state index < -0.39 is 0 Å². The molecule has 2 N–H and O–H groups in total. The molecule has 0 rings (SSSR count). The van der Waals surface area contributed by atoms with Gasteiger partial charge in [-0.2, -0.15) is 0 Å². The quantitative estimate of drug-likeness (QED) is 0.415. The molecule has 0 saturated heterocycles. The van der Waals surface area contributed by atoms with Crippen LogP contribution in [-0.4, -0.2) is 12.3 Å². The maximum absolute atomic E-state index is 11.6. The average molecular weight is 239 g/mol. The summed E-state index contributed by atoms with van der Waals surface area (Å²) in [6, 6.07) is 0. The van der Waals surface area contributed by atoms with Gasteiger partial charge < -0.3 is 5.73 Å². The summed E-state index contributed by atoms with van der Waals surface area (Å²) in [6.45, 7) is 6.62. The third-order valence-corrected chi connectivity index (χ3v) is 3.35. The number of unbranched alkanes of at least 4 members (excludes halogenated alkanes) is 3. The van der Waals surface area contributed by atoms with E-state index >= 15 is 0 Å². The van der Waals surface area contributed by atoms with E-state index in [4.69, 9.17) is 5.73 Å². The second kappa shape index (κ2) is 11.8. The van der Waals surface area contributed by atoms with Gasteiger partial charge in [-0.15, -0.1) is 6.58 Å². The van der Waals surface area contributed by atoms with Crippen LogP contribution in [0.15, 0.2) is 12.7 Å². The average Bonchev–Trinajstić information content (AvgIpc) is 2.34. The zero-order valence-corrected chi connectivity index (χ0v) is 11.4. The highest BCUT2D eigenvalue weighted by atomic mass is 16.1. The van der Waals surface area contributed by atoms with Crippen LogP contribution in [0.2, 0.25) is 0 Å². The molecule has 0 aromatic carbocycles. The summed E-state index contributed by atoms with van der Waals surface area (Å²) in [5.41, 5.74) is 5.55. The highest BCUT2D eigenvalue weighted by molar-refractivity contribution is 5.78. The maximum Gasteiger partial charge on any atom is 0.132 e. The van der Waals surface area contributed by atoms with E-state index in [9.17, 15) is 4.79 Å². The summed E-state index contributed by atoms with van der Waals surface area (Å²) in [5, 5.41) is 0. The number of carbonyl (C=O) groups is 1. The second-order valence-electron chi connectivity index (χ2n) is 4.82. The van der Waals surface area contributed by atoms with Gasteiger partial charge in [-0.3, -0.25) is 4.79 Å².